The molecule has 0 radical (unpaired) electrons. The van der Waals surface area contributed by atoms with Gasteiger partial charge in [0.05, 0.1) is 10.7 Å². The van der Waals surface area contributed by atoms with Gasteiger partial charge < -0.3 is 10.5 Å². The molecule has 1 aromatic carbocycles. The van der Waals surface area contributed by atoms with Crippen molar-refractivity contribution in [1.82, 2.24) is 0 Å². The molecule has 2 unspecified atom stereocenters. The van der Waals surface area contributed by atoms with E-state index in [1.54, 1.807) is 0 Å². The third-order valence-electron chi connectivity index (χ3n) is 4.29. The first kappa shape index (κ1) is 17.1. The average Bonchev–Trinajstić information content (AvgIpc) is 2.91. The number of carbonyl (C=O) groups is 1. The van der Waals surface area contributed by atoms with E-state index < -0.39 is 11.7 Å². The molecule has 0 aromatic heterocycles. The van der Waals surface area contributed by atoms with Gasteiger partial charge >= 0.3 is 6.09 Å². The van der Waals surface area contributed by atoms with Crippen molar-refractivity contribution in [2.75, 3.05) is 11.9 Å². The minimum absolute atomic E-state index is 0.207. The van der Waals surface area contributed by atoms with Crippen LogP contribution in [0.15, 0.2) is 18.2 Å². The number of ether oxygens (including phenoxy) is 1. The molecule has 22 heavy (non-hydrogen) atoms. The van der Waals surface area contributed by atoms with Crippen LogP contribution < -0.4 is 11.1 Å². The van der Waals surface area contributed by atoms with Gasteiger partial charge in [0.2, 0.25) is 0 Å². The average molecular weight is 325 g/mol. The molecule has 0 spiro atoms. The highest BCUT2D eigenvalue weighted by Crippen LogP contribution is 2.64. The zero-order valence-electron chi connectivity index (χ0n) is 13.9. The van der Waals surface area contributed by atoms with Crippen LogP contribution in [-0.2, 0) is 4.74 Å². The Morgan fingerprint density at radius 2 is 2.05 bits per heavy atom. The molecule has 1 aliphatic carbocycles. The fourth-order valence-corrected chi connectivity index (χ4v) is 3.32. The molecule has 0 aliphatic heterocycles. The van der Waals surface area contributed by atoms with Crippen molar-refractivity contribution in [3.05, 3.63) is 28.8 Å². The molecule has 1 aliphatic rings. The number of benzene rings is 1. The second kappa shape index (κ2) is 5.74. The van der Waals surface area contributed by atoms with Gasteiger partial charge in [0, 0.05) is 0 Å². The topological polar surface area (TPSA) is 64.3 Å². The molecule has 0 bridgehead atoms. The van der Waals surface area contributed by atoms with Gasteiger partial charge in [-0.15, -0.1) is 0 Å². The Kier molecular flexibility index (Phi) is 4.46. The molecule has 1 fully saturated rings. The van der Waals surface area contributed by atoms with Crippen LogP contribution >= 0.6 is 11.6 Å². The molecule has 0 saturated heterocycles. The van der Waals surface area contributed by atoms with E-state index in [1.165, 1.54) is 5.56 Å². The van der Waals surface area contributed by atoms with E-state index in [-0.39, 0.29) is 5.41 Å². The van der Waals surface area contributed by atoms with Gasteiger partial charge in [-0.25, -0.2) is 4.79 Å². The summed E-state index contributed by atoms with van der Waals surface area (Å²) in [5.74, 6) is 0.902. The predicted molar refractivity (Wildman–Crippen MR) is 90.4 cm³/mol. The number of halogens is 1. The maximum absolute atomic E-state index is 11.8. The highest BCUT2D eigenvalue weighted by molar-refractivity contribution is 6.33. The lowest BCUT2D eigenvalue weighted by Gasteiger charge is -2.20. The molecular weight excluding hydrogens is 300 g/mol. The number of hydrogen-bond acceptors (Lipinski definition) is 3. The Hall–Kier alpha value is -1.26. The van der Waals surface area contributed by atoms with Gasteiger partial charge in [0.15, 0.2) is 0 Å². The van der Waals surface area contributed by atoms with E-state index in [1.807, 2.05) is 39.0 Å². The first-order valence-corrected chi connectivity index (χ1v) is 7.93. The first-order chi connectivity index (χ1) is 10.1. The van der Waals surface area contributed by atoms with Gasteiger partial charge in [0.1, 0.15) is 5.60 Å². The number of rotatable bonds is 3. The quantitative estimate of drug-likeness (QED) is 0.866. The highest BCUT2D eigenvalue weighted by Gasteiger charge is 2.57. The van der Waals surface area contributed by atoms with Gasteiger partial charge in [0.25, 0.3) is 0 Å². The minimum Gasteiger partial charge on any atom is -0.444 e. The molecule has 1 saturated carbocycles. The third-order valence-corrected chi connectivity index (χ3v) is 4.60. The minimum atomic E-state index is -0.539. The summed E-state index contributed by atoms with van der Waals surface area (Å²) in [6, 6.07) is 5.74. The van der Waals surface area contributed by atoms with E-state index in [0.29, 0.717) is 29.1 Å². The van der Waals surface area contributed by atoms with Crippen molar-refractivity contribution >= 4 is 23.4 Å². The lowest BCUT2D eigenvalue weighted by Crippen LogP contribution is -2.27. The van der Waals surface area contributed by atoms with E-state index in [9.17, 15) is 4.79 Å². The van der Waals surface area contributed by atoms with Crippen LogP contribution in [0.1, 0.15) is 46.1 Å². The van der Waals surface area contributed by atoms with Gasteiger partial charge in [-0.3, -0.25) is 5.32 Å². The van der Waals surface area contributed by atoms with Crippen molar-refractivity contribution in [3.8, 4) is 0 Å². The summed E-state index contributed by atoms with van der Waals surface area (Å²) in [5, 5.41) is 3.20. The molecule has 5 heteroatoms. The van der Waals surface area contributed by atoms with Crippen LogP contribution in [0.4, 0.5) is 10.5 Å². The number of hydrogen-bond donors (Lipinski definition) is 2. The van der Waals surface area contributed by atoms with Crippen molar-refractivity contribution < 1.29 is 9.53 Å². The third kappa shape index (κ3) is 3.55. The lowest BCUT2D eigenvalue weighted by atomic mass is 10.0. The Bertz CT molecular complexity index is 579. The Labute approximate surface area is 137 Å². The SMILES string of the molecule is CC(C)(C)OC(=O)Nc1ccc(C2C(CN)C2(C)C)cc1Cl. The summed E-state index contributed by atoms with van der Waals surface area (Å²) in [4.78, 5) is 11.8. The molecule has 122 valence electrons. The normalized spacial score (nSPS) is 23.0. The molecule has 1 aromatic rings. The summed E-state index contributed by atoms with van der Waals surface area (Å²) >= 11 is 6.30. The summed E-state index contributed by atoms with van der Waals surface area (Å²) < 4.78 is 5.23. The predicted octanol–water partition coefficient (Wildman–Crippen LogP) is 4.39. The van der Waals surface area contributed by atoms with E-state index >= 15 is 0 Å². The van der Waals surface area contributed by atoms with E-state index in [2.05, 4.69) is 19.2 Å². The van der Waals surface area contributed by atoms with Crippen LogP contribution in [0.2, 0.25) is 5.02 Å². The summed E-state index contributed by atoms with van der Waals surface area (Å²) in [5.41, 5.74) is 7.22. The summed E-state index contributed by atoms with van der Waals surface area (Å²) in [7, 11) is 0. The van der Waals surface area contributed by atoms with Crippen LogP contribution in [0.3, 0.4) is 0 Å². The van der Waals surface area contributed by atoms with E-state index in [4.69, 9.17) is 22.1 Å². The van der Waals surface area contributed by atoms with Crippen molar-refractivity contribution in [2.45, 2.75) is 46.1 Å². The molecule has 1 amide bonds. The Morgan fingerprint density at radius 1 is 1.41 bits per heavy atom. The highest BCUT2D eigenvalue weighted by atomic mass is 35.5. The Balaban J connectivity index is 2.10. The van der Waals surface area contributed by atoms with Gasteiger partial charge in [-0.05, 0) is 62.3 Å². The zero-order valence-corrected chi connectivity index (χ0v) is 14.6. The maximum Gasteiger partial charge on any atom is 0.412 e. The Morgan fingerprint density at radius 3 is 2.50 bits per heavy atom. The molecule has 0 heterocycles. The van der Waals surface area contributed by atoms with Crippen molar-refractivity contribution in [2.24, 2.45) is 17.1 Å². The molecule has 4 nitrogen and oxygen atoms in total. The summed E-state index contributed by atoms with van der Waals surface area (Å²) in [6.07, 6.45) is -0.506. The van der Waals surface area contributed by atoms with Crippen molar-refractivity contribution in [3.63, 3.8) is 0 Å². The largest absolute Gasteiger partial charge is 0.444 e. The van der Waals surface area contributed by atoms with Crippen molar-refractivity contribution in [1.29, 1.82) is 0 Å². The second-order valence-corrected chi connectivity index (χ2v) is 7.91. The first-order valence-electron chi connectivity index (χ1n) is 7.56. The van der Waals surface area contributed by atoms with Gasteiger partial charge in [-0.1, -0.05) is 31.5 Å². The second-order valence-electron chi connectivity index (χ2n) is 7.51. The number of nitrogens with one attached hydrogen (secondary N) is 1. The number of amides is 1. The van der Waals surface area contributed by atoms with Crippen LogP contribution in [0.25, 0.3) is 0 Å². The molecule has 2 rings (SSSR count). The van der Waals surface area contributed by atoms with Crippen LogP contribution in [0, 0.1) is 11.3 Å². The maximum atomic E-state index is 11.8. The molecule has 2 atom stereocenters. The van der Waals surface area contributed by atoms with Crippen LogP contribution in [-0.4, -0.2) is 18.2 Å². The van der Waals surface area contributed by atoms with Gasteiger partial charge in [-0.2, -0.15) is 0 Å². The van der Waals surface area contributed by atoms with E-state index in [0.717, 1.165) is 0 Å². The summed E-state index contributed by atoms with van der Waals surface area (Å²) in [6.45, 7) is 10.6. The molecular formula is C17H25ClN2O2. The zero-order chi connectivity index (χ0) is 16.7. The monoisotopic (exact) mass is 324 g/mol. The molecule has 3 N–H and O–H groups in total. The standard InChI is InChI=1S/C17H25ClN2O2/c1-16(2,3)22-15(21)20-13-7-6-10(8-12(13)18)14-11(9-19)17(14,4)5/h6-8,11,14H,9,19H2,1-5H3,(H,20,21). The van der Waals surface area contributed by atoms with Crippen LogP contribution in [0.5, 0.6) is 0 Å². The fraction of sp³-hybridized carbons (Fsp3) is 0.588. The lowest BCUT2D eigenvalue weighted by molar-refractivity contribution is 0.0636. The number of anilines is 1. The fourth-order valence-electron chi connectivity index (χ4n) is 3.09. The number of carbonyl (C=O) groups excluding carboxylic acids is 1. The smallest absolute Gasteiger partial charge is 0.412 e. The number of nitrogens with two attached hydrogens (primary N) is 1.